The van der Waals surface area contributed by atoms with Crippen molar-refractivity contribution in [3.05, 3.63) is 58.3 Å². The van der Waals surface area contributed by atoms with E-state index in [1.165, 1.54) is 30.4 Å². The molecule has 20 heavy (non-hydrogen) atoms. The average Bonchev–Trinajstić information content (AvgIpc) is 3.26. The fraction of sp³-hybridized carbons (Fsp3) is 0.471. The minimum Gasteiger partial charge on any atom is -0.299 e. The largest absolute Gasteiger partial charge is 0.328 e. The highest BCUT2D eigenvalue weighted by molar-refractivity contribution is 5.32. The van der Waals surface area contributed by atoms with Crippen LogP contribution in [-0.4, -0.2) is 9.13 Å². The Morgan fingerprint density at radius 2 is 1.95 bits per heavy atom. The molecule has 1 atom stereocenters. The third kappa shape index (κ3) is 2.01. The number of imidazole rings is 1. The van der Waals surface area contributed by atoms with E-state index in [-0.39, 0.29) is 5.69 Å². The summed E-state index contributed by atoms with van der Waals surface area (Å²) >= 11 is 0. The standard InChI is InChI=1S/C17H20N2O/c20-17-18(10-11-19(17)15-8-9-15)12-14-6-3-5-13-4-1-2-7-16(13)14/h1-2,4,7,10-11,14-15H,3,5-6,8-9,12H2. The van der Waals surface area contributed by atoms with E-state index < -0.39 is 0 Å². The van der Waals surface area contributed by atoms with Gasteiger partial charge in [-0.1, -0.05) is 24.3 Å². The number of fused-ring (bicyclic) bond motifs is 1. The van der Waals surface area contributed by atoms with Gasteiger partial charge in [0.2, 0.25) is 0 Å². The second-order valence-electron chi connectivity index (χ2n) is 6.16. The summed E-state index contributed by atoms with van der Waals surface area (Å²) in [6, 6.07) is 9.19. The normalized spacial score (nSPS) is 21.7. The smallest absolute Gasteiger partial charge is 0.299 e. The Morgan fingerprint density at radius 1 is 1.10 bits per heavy atom. The van der Waals surface area contributed by atoms with Crippen LogP contribution in [0.4, 0.5) is 0 Å². The lowest BCUT2D eigenvalue weighted by Gasteiger charge is -2.25. The van der Waals surface area contributed by atoms with Crippen molar-refractivity contribution in [3.63, 3.8) is 0 Å². The Labute approximate surface area is 118 Å². The number of aryl methyl sites for hydroxylation is 1. The zero-order valence-electron chi connectivity index (χ0n) is 11.7. The number of rotatable bonds is 3. The maximum atomic E-state index is 12.4. The van der Waals surface area contributed by atoms with E-state index in [0.717, 1.165) is 19.4 Å². The van der Waals surface area contributed by atoms with Crippen molar-refractivity contribution in [2.75, 3.05) is 0 Å². The highest BCUT2D eigenvalue weighted by atomic mass is 16.1. The lowest BCUT2D eigenvalue weighted by molar-refractivity contribution is 0.470. The highest BCUT2D eigenvalue weighted by Crippen LogP contribution is 2.34. The van der Waals surface area contributed by atoms with Crippen LogP contribution >= 0.6 is 0 Å². The Kier molecular flexibility index (Phi) is 2.79. The van der Waals surface area contributed by atoms with Crippen LogP contribution < -0.4 is 5.69 Å². The third-order valence-corrected chi connectivity index (χ3v) is 4.72. The molecule has 2 aliphatic carbocycles. The second kappa shape index (κ2) is 4.65. The summed E-state index contributed by atoms with van der Waals surface area (Å²) in [7, 11) is 0. The van der Waals surface area contributed by atoms with E-state index in [0.29, 0.717) is 12.0 Å². The molecule has 0 amide bonds. The van der Waals surface area contributed by atoms with Gasteiger partial charge in [0.05, 0.1) is 0 Å². The van der Waals surface area contributed by atoms with Crippen molar-refractivity contribution in [1.82, 2.24) is 9.13 Å². The van der Waals surface area contributed by atoms with Gasteiger partial charge < -0.3 is 0 Å². The van der Waals surface area contributed by atoms with Crippen LogP contribution in [-0.2, 0) is 13.0 Å². The molecule has 3 heteroatoms. The molecule has 1 unspecified atom stereocenters. The fourth-order valence-electron chi connectivity index (χ4n) is 3.48. The molecule has 2 aliphatic rings. The second-order valence-corrected chi connectivity index (χ2v) is 6.16. The van der Waals surface area contributed by atoms with Crippen LogP contribution in [0.3, 0.4) is 0 Å². The molecule has 3 nitrogen and oxygen atoms in total. The molecule has 1 fully saturated rings. The zero-order chi connectivity index (χ0) is 13.5. The summed E-state index contributed by atoms with van der Waals surface area (Å²) in [5, 5.41) is 0. The van der Waals surface area contributed by atoms with Crippen LogP contribution in [0.15, 0.2) is 41.5 Å². The van der Waals surface area contributed by atoms with Gasteiger partial charge in [-0.05, 0) is 43.2 Å². The molecule has 2 aromatic rings. The lowest BCUT2D eigenvalue weighted by Crippen LogP contribution is -2.26. The van der Waals surface area contributed by atoms with Gasteiger partial charge in [0.1, 0.15) is 0 Å². The number of benzene rings is 1. The fourth-order valence-corrected chi connectivity index (χ4v) is 3.48. The van der Waals surface area contributed by atoms with Crippen molar-refractivity contribution in [2.45, 2.75) is 50.6 Å². The molecule has 1 aromatic heterocycles. The molecule has 0 radical (unpaired) electrons. The lowest BCUT2D eigenvalue weighted by atomic mass is 9.83. The van der Waals surface area contributed by atoms with Gasteiger partial charge in [-0.15, -0.1) is 0 Å². The van der Waals surface area contributed by atoms with Crippen molar-refractivity contribution in [3.8, 4) is 0 Å². The summed E-state index contributed by atoms with van der Waals surface area (Å²) in [4.78, 5) is 12.4. The van der Waals surface area contributed by atoms with Crippen molar-refractivity contribution < 1.29 is 0 Å². The van der Waals surface area contributed by atoms with E-state index in [2.05, 4.69) is 24.3 Å². The van der Waals surface area contributed by atoms with Gasteiger partial charge in [0.25, 0.3) is 0 Å². The van der Waals surface area contributed by atoms with E-state index in [1.54, 1.807) is 0 Å². The van der Waals surface area contributed by atoms with Crippen molar-refractivity contribution >= 4 is 0 Å². The number of hydrogen-bond acceptors (Lipinski definition) is 1. The SMILES string of the molecule is O=c1n(CC2CCCc3ccccc32)ccn1C1CC1. The number of nitrogens with zero attached hydrogens (tertiary/aromatic N) is 2. The molecule has 4 rings (SSSR count). The number of hydrogen-bond donors (Lipinski definition) is 0. The first-order chi connectivity index (χ1) is 9.83. The maximum absolute atomic E-state index is 12.4. The molecule has 0 saturated heterocycles. The Bertz CT molecular complexity index is 678. The average molecular weight is 268 g/mol. The summed E-state index contributed by atoms with van der Waals surface area (Å²) < 4.78 is 3.82. The molecule has 1 aromatic carbocycles. The molecular formula is C17H20N2O. The first-order valence-corrected chi connectivity index (χ1v) is 7.68. The van der Waals surface area contributed by atoms with E-state index in [1.807, 2.05) is 21.5 Å². The minimum atomic E-state index is 0.176. The quantitative estimate of drug-likeness (QED) is 0.840. The number of aromatic nitrogens is 2. The van der Waals surface area contributed by atoms with Gasteiger partial charge in [-0.2, -0.15) is 0 Å². The van der Waals surface area contributed by atoms with Crippen LogP contribution in [0.2, 0.25) is 0 Å². The van der Waals surface area contributed by atoms with Gasteiger partial charge in [-0.25, -0.2) is 4.79 Å². The Hall–Kier alpha value is -1.77. The van der Waals surface area contributed by atoms with Gasteiger partial charge in [-0.3, -0.25) is 9.13 Å². The maximum Gasteiger partial charge on any atom is 0.328 e. The Morgan fingerprint density at radius 3 is 2.80 bits per heavy atom. The minimum absolute atomic E-state index is 0.176. The van der Waals surface area contributed by atoms with Crippen LogP contribution in [0.1, 0.15) is 48.8 Å². The monoisotopic (exact) mass is 268 g/mol. The van der Waals surface area contributed by atoms with E-state index in [9.17, 15) is 4.79 Å². The summed E-state index contributed by atoms with van der Waals surface area (Å²) in [5.74, 6) is 0.493. The zero-order valence-corrected chi connectivity index (χ0v) is 11.7. The predicted octanol–water partition coefficient (Wildman–Crippen LogP) is 3.10. The molecular weight excluding hydrogens is 248 g/mol. The molecule has 104 valence electrons. The van der Waals surface area contributed by atoms with Crippen LogP contribution in [0, 0.1) is 0 Å². The predicted molar refractivity (Wildman–Crippen MR) is 79.1 cm³/mol. The highest BCUT2D eigenvalue weighted by Gasteiger charge is 2.26. The van der Waals surface area contributed by atoms with Gasteiger partial charge >= 0.3 is 5.69 Å². The van der Waals surface area contributed by atoms with E-state index in [4.69, 9.17) is 0 Å². The molecule has 0 bridgehead atoms. The first-order valence-electron chi connectivity index (χ1n) is 7.68. The van der Waals surface area contributed by atoms with Crippen molar-refractivity contribution in [1.29, 1.82) is 0 Å². The molecule has 0 N–H and O–H groups in total. The van der Waals surface area contributed by atoms with Crippen molar-refractivity contribution in [2.24, 2.45) is 0 Å². The molecule has 0 spiro atoms. The molecule has 0 aliphatic heterocycles. The molecule has 1 heterocycles. The van der Waals surface area contributed by atoms with E-state index >= 15 is 0 Å². The van der Waals surface area contributed by atoms with Crippen LogP contribution in [0.5, 0.6) is 0 Å². The Balaban J connectivity index is 1.62. The summed E-state index contributed by atoms with van der Waals surface area (Å²) in [5.41, 5.74) is 3.10. The van der Waals surface area contributed by atoms with Crippen LogP contribution in [0.25, 0.3) is 0 Å². The first kappa shape index (κ1) is 12.0. The third-order valence-electron chi connectivity index (χ3n) is 4.72. The molecule has 1 saturated carbocycles. The van der Waals surface area contributed by atoms with Gasteiger partial charge in [0.15, 0.2) is 0 Å². The summed E-state index contributed by atoms with van der Waals surface area (Å²) in [6.45, 7) is 0.829. The van der Waals surface area contributed by atoms with Gasteiger partial charge in [0, 0.05) is 30.9 Å². The topological polar surface area (TPSA) is 26.9 Å². The summed E-state index contributed by atoms with van der Waals surface area (Å²) in [6.07, 6.45) is 9.88.